The molecule has 7 nitrogen and oxygen atoms in total. The Bertz CT molecular complexity index is 451. The van der Waals surface area contributed by atoms with Crippen molar-refractivity contribution in [2.75, 3.05) is 18.2 Å². The van der Waals surface area contributed by atoms with Crippen molar-refractivity contribution in [2.45, 2.75) is 0 Å². The normalized spacial score (nSPS) is 10.4. The molecule has 0 fully saturated rings. The van der Waals surface area contributed by atoms with Crippen LogP contribution in [-0.4, -0.2) is 29.3 Å². The van der Waals surface area contributed by atoms with E-state index in [1.807, 2.05) is 30.3 Å². The molecule has 0 bridgehead atoms. The number of rotatable bonds is 0. The summed E-state index contributed by atoms with van der Waals surface area (Å²) in [5.74, 6) is 0. The van der Waals surface area contributed by atoms with E-state index in [1.165, 1.54) is 0 Å². The van der Waals surface area contributed by atoms with Gasteiger partial charge in [0.15, 0.2) is 0 Å². The third-order valence-electron chi connectivity index (χ3n) is 0.800. The third kappa shape index (κ3) is 52.3. The lowest BCUT2D eigenvalue weighted by Gasteiger charge is -1.83. The number of hydrogen-bond acceptors (Lipinski definition) is 5. The molecule has 0 saturated carbocycles. The van der Waals surface area contributed by atoms with Crippen molar-refractivity contribution in [3.05, 3.63) is 30.3 Å². The monoisotopic (exact) mass is 283 g/mol. The van der Waals surface area contributed by atoms with Crippen LogP contribution in [0.3, 0.4) is 0 Å². The summed E-state index contributed by atoms with van der Waals surface area (Å²) >= 11 is 0. The maximum atomic E-state index is 9.41. The zero-order valence-corrected chi connectivity index (χ0v) is 11.2. The quantitative estimate of drug-likeness (QED) is 0.527. The van der Waals surface area contributed by atoms with E-state index in [9.17, 15) is 16.8 Å². The molecular formula is C8H17N3O4S2. The highest BCUT2D eigenvalue weighted by Gasteiger charge is 1.79. The molecule has 1 aromatic rings. The second-order valence-corrected chi connectivity index (χ2v) is 6.39. The number of anilines is 1. The summed E-state index contributed by atoms with van der Waals surface area (Å²) in [6, 6.07) is 9.49. The van der Waals surface area contributed by atoms with Crippen LogP contribution in [0, 0.1) is 0 Å². The van der Waals surface area contributed by atoms with Gasteiger partial charge in [-0.2, -0.15) is 0 Å². The maximum Gasteiger partial charge on any atom is 0.206 e. The van der Waals surface area contributed by atoms with Crippen LogP contribution < -0.4 is 16.0 Å². The first-order chi connectivity index (χ1) is 7.39. The highest BCUT2D eigenvalue weighted by atomic mass is 32.2. The molecule has 0 aliphatic rings. The summed E-state index contributed by atoms with van der Waals surface area (Å²) in [5.41, 5.74) is 6.18. The van der Waals surface area contributed by atoms with Gasteiger partial charge in [0.2, 0.25) is 20.0 Å². The second-order valence-electron chi connectivity index (χ2n) is 3.07. The van der Waals surface area contributed by atoms with E-state index < -0.39 is 20.0 Å². The van der Waals surface area contributed by atoms with Gasteiger partial charge in [0.25, 0.3) is 0 Å². The van der Waals surface area contributed by atoms with E-state index in [0.717, 1.165) is 18.2 Å². The zero-order valence-electron chi connectivity index (χ0n) is 9.57. The Hall–Kier alpha value is -1.16. The van der Waals surface area contributed by atoms with Crippen molar-refractivity contribution in [1.29, 1.82) is 0 Å². The van der Waals surface area contributed by atoms with Crippen molar-refractivity contribution in [2.24, 2.45) is 10.3 Å². The molecule has 0 atom stereocenters. The van der Waals surface area contributed by atoms with Crippen LogP contribution in [0.2, 0.25) is 0 Å². The molecule has 0 unspecified atom stereocenters. The Morgan fingerprint density at radius 2 is 1.06 bits per heavy atom. The smallest absolute Gasteiger partial charge is 0.206 e. The average Bonchev–Trinajstić information content (AvgIpc) is 1.98. The van der Waals surface area contributed by atoms with Gasteiger partial charge in [0.05, 0.1) is 12.5 Å². The Kier molecular flexibility index (Phi) is 8.58. The Labute approximate surface area is 102 Å². The Balaban J connectivity index is 0. The summed E-state index contributed by atoms with van der Waals surface area (Å²) < 4.78 is 37.6. The van der Waals surface area contributed by atoms with Crippen LogP contribution in [0.5, 0.6) is 0 Å². The molecule has 9 heteroatoms. The maximum absolute atomic E-state index is 9.41. The second kappa shape index (κ2) is 8.01. The molecule has 100 valence electrons. The molecule has 0 aromatic heterocycles. The van der Waals surface area contributed by atoms with Crippen LogP contribution in [0.15, 0.2) is 30.3 Å². The van der Waals surface area contributed by atoms with E-state index in [0.29, 0.717) is 0 Å². The SMILES string of the molecule is CS(N)(=O)=O.CS(N)(=O)=O.Nc1ccccc1. The zero-order chi connectivity index (χ0) is 14.1. The summed E-state index contributed by atoms with van der Waals surface area (Å²) in [7, 11) is -6.33. The molecule has 0 saturated heterocycles. The molecule has 0 aliphatic heterocycles. The Morgan fingerprint density at radius 1 is 0.824 bits per heavy atom. The van der Waals surface area contributed by atoms with Gasteiger partial charge in [0, 0.05) is 5.69 Å². The lowest BCUT2D eigenvalue weighted by molar-refractivity contribution is 0.601. The van der Waals surface area contributed by atoms with Crippen molar-refractivity contribution >= 4 is 25.7 Å². The molecule has 1 aromatic carbocycles. The number of nitrogens with two attached hydrogens (primary N) is 3. The van der Waals surface area contributed by atoms with E-state index in [2.05, 4.69) is 10.3 Å². The van der Waals surface area contributed by atoms with Gasteiger partial charge in [-0.15, -0.1) is 0 Å². The number of benzene rings is 1. The van der Waals surface area contributed by atoms with Gasteiger partial charge >= 0.3 is 0 Å². The lowest BCUT2D eigenvalue weighted by atomic mass is 10.3. The van der Waals surface area contributed by atoms with E-state index in [4.69, 9.17) is 5.73 Å². The standard InChI is InChI=1S/C6H7N.2CH5NO2S/c7-6-4-2-1-3-5-6;2*1-5(2,3)4/h1-5H,7H2;2*1H3,(H2,2,3,4). The first-order valence-electron chi connectivity index (χ1n) is 4.15. The fourth-order valence-corrected chi connectivity index (χ4v) is 0.453. The van der Waals surface area contributed by atoms with Gasteiger partial charge in [-0.1, -0.05) is 18.2 Å². The molecule has 1 rings (SSSR count). The molecule has 6 N–H and O–H groups in total. The molecule has 0 amide bonds. The topological polar surface area (TPSA) is 146 Å². The number of hydrogen-bond donors (Lipinski definition) is 3. The van der Waals surface area contributed by atoms with Crippen LogP contribution in [-0.2, 0) is 20.0 Å². The summed E-state index contributed by atoms with van der Waals surface area (Å²) in [6.07, 6.45) is 1.88. The predicted molar refractivity (Wildman–Crippen MR) is 68.9 cm³/mol. The fourth-order valence-electron chi connectivity index (χ4n) is 0.453. The highest BCUT2D eigenvalue weighted by molar-refractivity contribution is 7.88. The summed E-state index contributed by atoms with van der Waals surface area (Å²) in [6.45, 7) is 0. The van der Waals surface area contributed by atoms with E-state index in [1.54, 1.807) is 0 Å². The highest BCUT2D eigenvalue weighted by Crippen LogP contribution is 1.95. The third-order valence-corrected chi connectivity index (χ3v) is 0.800. The van der Waals surface area contributed by atoms with Crippen molar-refractivity contribution in [1.82, 2.24) is 0 Å². The lowest BCUT2D eigenvalue weighted by Crippen LogP contribution is -2.07. The average molecular weight is 283 g/mol. The van der Waals surface area contributed by atoms with Gasteiger partial charge in [-0.25, -0.2) is 27.1 Å². The number of sulfonamides is 2. The van der Waals surface area contributed by atoms with Crippen LogP contribution in [0.4, 0.5) is 5.69 Å². The van der Waals surface area contributed by atoms with Crippen molar-refractivity contribution < 1.29 is 16.8 Å². The molecule has 0 heterocycles. The number of nitrogen functional groups attached to an aromatic ring is 1. The first kappa shape index (κ1) is 18.2. The minimum absolute atomic E-state index is 0.822. The van der Waals surface area contributed by atoms with Crippen molar-refractivity contribution in [3.63, 3.8) is 0 Å². The summed E-state index contributed by atoms with van der Waals surface area (Å²) in [5, 5.41) is 8.65. The number of para-hydroxylation sites is 1. The first-order valence-corrected chi connectivity index (χ1v) is 8.06. The van der Waals surface area contributed by atoms with E-state index >= 15 is 0 Å². The van der Waals surface area contributed by atoms with Gasteiger partial charge in [-0.05, 0) is 12.1 Å². The molecule has 0 aliphatic carbocycles. The minimum Gasteiger partial charge on any atom is -0.399 e. The molecule has 17 heavy (non-hydrogen) atoms. The predicted octanol–water partition coefficient (Wildman–Crippen LogP) is -0.922. The van der Waals surface area contributed by atoms with Gasteiger partial charge in [-0.3, -0.25) is 0 Å². The fraction of sp³-hybridized carbons (Fsp3) is 0.250. The molecule has 0 spiro atoms. The minimum atomic E-state index is -3.17. The van der Waals surface area contributed by atoms with Crippen molar-refractivity contribution in [3.8, 4) is 0 Å². The molecule has 0 radical (unpaired) electrons. The Morgan fingerprint density at radius 3 is 1.18 bits per heavy atom. The number of primary sulfonamides is 2. The van der Waals surface area contributed by atoms with Gasteiger partial charge < -0.3 is 5.73 Å². The summed E-state index contributed by atoms with van der Waals surface area (Å²) in [4.78, 5) is 0. The van der Waals surface area contributed by atoms with Crippen LogP contribution in [0.25, 0.3) is 0 Å². The van der Waals surface area contributed by atoms with Gasteiger partial charge in [0.1, 0.15) is 0 Å². The van der Waals surface area contributed by atoms with Crippen LogP contribution >= 0.6 is 0 Å². The van der Waals surface area contributed by atoms with E-state index in [-0.39, 0.29) is 0 Å². The largest absolute Gasteiger partial charge is 0.399 e. The van der Waals surface area contributed by atoms with Crippen LogP contribution in [0.1, 0.15) is 0 Å². The molecular weight excluding hydrogens is 266 g/mol.